The molecule has 2 amide bonds. The van der Waals surface area contributed by atoms with E-state index in [-0.39, 0.29) is 36.7 Å². The molecule has 2 atom stereocenters. The number of alkyl halides is 3. The number of carboxylic acid groups (broad SMARTS) is 1. The van der Waals surface area contributed by atoms with Crippen molar-refractivity contribution in [1.29, 1.82) is 0 Å². The van der Waals surface area contributed by atoms with Crippen molar-refractivity contribution < 1.29 is 65.9 Å². The number of methoxy groups -OCH3 is 1. The van der Waals surface area contributed by atoms with Gasteiger partial charge in [-0.1, -0.05) is 181 Å². The molecule has 9 aromatic rings. The van der Waals surface area contributed by atoms with Gasteiger partial charge in [0.25, 0.3) is 16.6 Å². The van der Waals surface area contributed by atoms with Crippen molar-refractivity contribution in [3.05, 3.63) is 250 Å². The second-order valence-corrected chi connectivity index (χ2v) is 24.0. The van der Waals surface area contributed by atoms with Gasteiger partial charge in [-0.25, -0.2) is 14.8 Å². The van der Waals surface area contributed by atoms with Gasteiger partial charge in [-0.3, -0.25) is 19.3 Å². The lowest BCUT2D eigenvalue weighted by Gasteiger charge is -2.49. The lowest BCUT2D eigenvalue weighted by molar-refractivity contribution is -0.642. The predicted molar refractivity (Wildman–Crippen MR) is 330 cm³/mol. The predicted octanol–water partition coefficient (Wildman–Crippen LogP) is 9.92. The number of hydrogen-bond acceptors (Lipinski definition) is 18. The van der Waals surface area contributed by atoms with Gasteiger partial charge in [0.1, 0.15) is 65.8 Å². The van der Waals surface area contributed by atoms with Gasteiger partial charge in [-0.05, 0) is 68.5 Å². The fourth-order valence-corrected chi connectivity index (χ4v) is 14.0. The molecule has 3 aromatic heterocycles. The Labute approximate surface area is 525 Å². The average molecular weight is 1280 g/mol. The quantitative estimate of drug-likeness (QED) is 0.00944. The first-order valence-corrected chi connectivity index (χ1v) is 31.2. The fourth-order valence-electron chi connectivity index (χ4n) is 9.74. The van der Waals surface area contributed by atoms with Crippen LogP contribution in [0.1, 0.15) is 51.6 Å². The summed E-state index contributed by atoms with van der Waals surface area (Å²) in [4.78, 5) is 84.2. The zero-order valence-electron chi connectivity index (χ0n) is 47.4. The molecular formula is C65H54F3N7O10S4. The molecule has 2 N–H and O–H groups in total. The first-order chi connectivity index (χ1) is 43.1. The SMILES string of the molecule is COc1ccc(COC(=O)C2=C(CSc3nc4ccc[n+](C)c4s3)CS[C@H]3[C@@H](NC(=O)/C(=N\OCCC(=O)OC(c4ccccc4)c4ccccc4)c4csc(NC(c5ccccc5)(c5ccccc5)c5ccccc5)n4)C(=O)N23)cc1.O=C([O-])C(F)(F)F. The summed E-state index contributed by atoms with van der Waals surface area (Å²) in [6.45, 7) is -0.301. The standard InChI is InChI=1S/C63H53N7O8S4.C2HF3O2/c1-69-35-18-29-49-58(69)82-62(65-49)81-39-44-38-79-59-53(57(73)70(59)54(44)60(74)76-37-41-30-32-48(75-2)33-31-41)66-56(72)52(68-77-36-34-51(71)78-55(42-19-8-3-9-20-42)43-21-10-4-11-22-43)50-40-80-61(64-50)67-63(45-23-12-5-13-24-45,46-25-14-6-15-26-46)47-27-16-7-17-28-47;3-2(4,5)1(6)7/h3-33,35,40,53,55,59H,34,36-39H2,1-2H3,(H-,64,66,67,72);(H,6,7)/b68-52-;/t53-,59-;/m0./s1. The van der Waals surface area contributed by atoms with E-state index in [1.165, 1.54) is 39.8 Å². The zero-order chi connectivity index (χ0) is 62.5. The first-order valence-electron chi connectivity index (χ1n) is 27.4. The van der Waals surface area contributed by atoms with Crippen LogP contribution < -0.4 is 25.0 Å². The van der Waals surface area contributed by atoms with Crippen molar-refractivity contribution in [3.63, 3.8) is 0 Å². The number of aliphatic carboxylic acids is 1. The highest BCUT2D eigenvalue weighted by Gasteiger charge is 2.55. The second-order valence-electron chi connectivity index (χ2n) is 19.8. The molecule has 1 saturated heterocycles. The summed E-state index contributed by atoms with van der Waals surface area (Å²) in [6.07, 6.45) is -4.11. The number of aromatic nitrogens is 3. The molecule has 0 radical (unpaired) electrons. The van der Waals surface area contributed by atoms with Crippen molar-refractivity contribution in [1.82, 2.24) is 20.2 Å². The van der Waals surface area contributed by atoms with Crippen LogP contribution in [0.2, 0.25) is 0 Å². The maximum absolute atomic E-state index is 14.9. The number of fused-ring (bicyclic) bond motifs is 2. The molecule has 0 unspecified atom stereocenters. The highest BCUT2D eigenvalue weighted by atomic mass is 32.2. The molecule has 5 heterocycles. The van der Waals surface area contributed by atoms with E-state index in [2.05, 4.69) is 52.2 Å². The number of benzene rings is 6. The molecular weight excluding hydrogens is 1220 g/mol. The number of pyridine rings is 1. The summed E-state index contributed by atoms with van der Waals surface area (Å²) in [5, 5.41) is 21.3. The van der Waals surface area contributed by atoms with Crippen LogP contribution in [0.3, 0.4) is 0 Å². The van der Waals surface area contributed by atoms with Crippen LogP contribution in [-0.2, 0) is 57.5 Å². The summed E-state index contributed by atoms with van der Waals surface area (Å²) in [6, 6.07) is 59.0. The van der Waals surface area contributed by atoms with Gasteiger partial charge in [0.05, 0.1) is 13.5 Å². The molecule has 11 rings (SSSR count). The number of amides is 2. The number of esters is 2. The Bertz CT molecular complexity index is 3880. The van der Waals surface area contributed by atoms with Crippen molar-refractivity contribution in [2.45, 2.75) is 46.6 Å². The van der Waals surface area contributed by atoms with Crippen LogP contribution in [0.4, 0.5) is 18.3 Å². The van der Waals surface area contributed by atoms with E-state index in [4.69, 9.17) is 38.9 Å². The number of β-lactam (4-membered cyclic amide) rings is 1. The fraction of sp³-hybridized carbons (Fsp3) is 0.185. The third-order valence-electron chi connectivity index (χ3n) is 14.0. The average Bonchev–Trinajstić information content (AvgIpc) is 1.13. The molecule has 0 bridgehead atoms. The smallest absolute Gasteiger partial charge is 0.430 e. The van der Waals surface area contributed by atoms with Crippen molar-refractivity contribution in [3.8, 4) is 5.75 Å². The molecule has 0 aliphatic carbocycles. The summed E-state index contributed by atoms with van der Waals surface area (Å²) in [7, 11) is 3.54. The van der Waals surface area contributed by atoms with Crippen LogP contribution in [0.25, 0.3) is 10.3 Å². The third-order valence-corrected chi connectivity index (χ3v) is 18.5. The third kappa shape index (κ3) is 14.8. The number of thiazole rings is 2. The first kappa shape index (κ1) is 62.7. The molecule has 1 fully saturated rings. The van der Waals surface area contributed by atoms with Gasteiger partial charge >= 0.3 is 18.1 Å². The normalized spacial score (nSPS) is 14.8. The Kier molecular flexibility index (Phi) is 20.2. The Balaban J connectivity index is 0.00000118. The Hall–Kier alpha value is -9.36. The molecule has 2 aliphatic rings. The number of nitrogens with one attached hydrogen (secondary N) is 2. The molecule has 0 spiro atoms. The van der Waals surface area contributed by atoms with Gasteiger partial charge in [0, 0.05) is 23.0 Å². The van der Waals surface area contributed by atoms with Crippen molar-refractivity contribution >= 4 is 97.1 Å². The molecule has 6 aromatic carbocycles. The van der Waals surface area contributed by atoms with Crippen LogP contribution in [0, 0.1) is 0 Å². The van der Waals surface area contributed by atoms with Crippen LogP contribution in [-0.4, -0.2) is 93.1 Å². The largest absolute Gasteiger partial charge is 0.542 e. The number of carbonyl (C=O) groups excluding carboxylic acids is 5. The maximum atomic E-state index is 14.9. The zero-order valence-corrected chi connectivity index (χ0v) is 50.7. The lowest BCUT2D eigenvalue weighted by atomic mass is 9.77. The maximum Gasteiger partial charge on any atom is 0.430 e. The Morgan fingerprint density at radius 2 is 1.37 bits per heavy atom. The minimum absolute atomic E-state index is 0.0487. The van der Waals surface area contributed by atoms with Gasteiger partial charge in [-0.2, -0.15) is 17.7 Å². The number of carboxylic acids is 1. The van der Waals surface area contributed by atoms with E-state index in [0.717, 1.165) is 48.1 Å². The molecule has 17 nitrogen and oxygen atoms in total. The van der Waals surface area contributed by atoms with Crippen LogP contribution in [0.15, 0.2) is 220 Å². The number of thioether (sulfide) groups is 2. The summed E-state index contributed by atoms with van der Waals surface area (Å²) in [5.41, 5.74) is 5.80. The number of ether oxygens (including phenoxy) is 3. The molecule has 24 heteroatoms. The number of halogens is 3. The van der Waals surface area contributed by atoms with E-state index in [0.29, 0.717) is 28.0 Å². The van der Waals surface area contributed by atoms with Gasteiger partial charge in [0.2, 0.25) is 0 Å². The second kappa shape index (κ2) is 28.6. The van der Waals surface area contributed by atoms with Gasteiger partial charge < -0.3 is 39.6 Å². The van der Waals surface area contributed by atoms with E-state index in [1.807, 2.05) is 145 Å². The van der Waals surface area contributed by atoms with Crippen LogP contribution in [0.5, 0.6) is 5.75 Å². The van der Waals surface area contributed by atoms with Crippen molar-refractivity contribution in [2.75, 3.05) is 30.5 Å². The highest BCUT2D eigenvalue weighted by molar-refractivity contribution is 8.02. The molecule has 2 aliphatic heterocycles. The summed E-state index contributed by atoms with van der Waals surface area (Å²) >= 11 is 5.71. The summed E-state index contributed by atoms with van der Waals surface area (Å²) < 4.78 is 51.6. The topological polar surface area (TPSA) is 215 Å². The summed E-state index contributed by atoms with van der Waals surface area (Å²) in [5.74, 6) is -4.11. The van der Waals surface area contributed by atoms with E-state index >= 15 is 0 Å². The minimum Gasteiger partial charge on any atom is -0.542 e. The van der Waals surface area contributed by atoms with Crippen molar-refractivity contribution in [2.24, 2.45) is 12.2 Å². The number of nitrogens with zero attached hydrogens (tertiary/aromatic N) is 5. The Morgan fingerprint density at radius 1 is 0.798 bits per heavy atom. The number of rotatable bonds is 22. The monoisotopic (exact) mass is 1280 g/mol. The highest BCUT2D eigenvalue weighted by Crippen LogP contribution is 2.44. The van der Waals surface area contributed by atoms with E-state index < -0.39 is 59.0 Å². The van der Waals surface area contributed by atoms with E-state index in [1.54, 1.807) is 48.1 Å². The number of anilines is 1. The number of aryl methyl sites for hydroxylation is 1. The lowest BCUT2D eigenvalue weighted by Crippen LogP contribution is -2.71. The molecule has 89 heavy (non-hydrogen) atoms. The molecule has 0 saturated carbocycles. The minimum atomic E-state index is -5.19. The number of hydrogen-bond donors (Lipinski definition) is 2. The number of oxime groups is 1. The van der Waals surface area contributed by atoms with Gasteiger partial charge in [0.15, 0.2) is 27.5 Å². The number of carbonyl (C=O) groups is 5. The van der Waals surface area contributed by atoms with E-state index in [9.17, 15) is 32.3 Å². The van der Waals surface area contributed by atoms with Crippen LogP contribution >= 0.6 is 46.2 Å². The van der Waals surface area contributed by atoms with Gasteiger partial charge in [-0.15, -0.1) is 23.1 Å². The molecule has 454 valence electrons. The Morgan fingerprint density at radius 3 is 1.92 bits per heavy atom.